The Bertz CT molecular complexity index is 843. The highest BCUT2D eigenvalue weighted by Crippen LogP contribution is 2.19. The average Bonchev–Trinajstić information content (AvgIpc) is 3.07. The highest BCUT2D eigenvalue weighted by atomic mass is 35.5. The first kappa shape index (κ1) is 18.3. The minimum Gasteiger partial charge on any atom is -0.494 e. The van der Waals surface area contributed by atoms with Crippen LogP contribution in [0.25, 0.3) is 10.9 Å². The van der Waals surface area contributed by atoms with E-state index in [2.05, 4.69) is 16.4 Å². The van der Waals surface area contributed by atoms with Crippen molar-refractivity contribution in [2.24, 2.45) is 0 Å². The lowest BCUT2D eigenvalue weighted by molar-refractivity contribution is -0.121. The Balaban J connectivity index is 1.29. The molecule has 0 saturated carbocycles. The van der Waals surface area contributed by atoms with E-state index in [9.17, 15) is 4.79 Å². The van der Waals surface area contributed by atoms with Crippen LogP contribution >= 0.6 is 11.6 Å². The largest absolute Gasteiger partial charge is 0.494 e. The standard InChI is InChI=1S/C21H23ClN2O2/c22-17-8-10-18(11-9-17)26-14-4-3-13-23-21(25)12-7-16-15-24-20-6-2-1-5-19(16)20/h1-2,5-6,8-11,15,24H,3-4,7,12-14H2,(H,23,25). The number of halogens is 1. The molecule has 0 fully saturated rings. The van der Waals surface area contributed by atoms with Gasteiger partial charge in [0.1, 0.15) is 5.75 Å². The third-order valence-corrected chi connectivity index (χ3v) is 4.52. The number of benzene rings is 2. The molecule has 0 atom stereocenters. The van der Waals surface area contributed by atoms with Gasteiger partial charge in [-0.2, -0.15) is 0 Å². The zero-order valence-corrected chi connectivity index (χ0v) is 15.4. The van der Waals surface area contributed by atoms with Crippen molar-refractivity contribution in [1.29, 1.82) is 0 Å². The predicted octanol–water partition coefficient (Wildman–Crippen LogP) is 4.73. The number of carbonyl (C=O) groups excluding carboxylic acids is 1. The maximum atomic E-state index is 12.0. The lowest BCUT2D eigenvalue weighted by Crippen LogP contribution is -2.24. The summed E-state index contributed by atoms with van der Waals surface area (Å²) in [5.74, 6) is 0.908. The van der Waals surface area contributed by atoms with Gasteiger partial charge in [-0.1, -0.05) is 29.8 Å². The highest BCUT2D eigenvalue weighted by molar-refractivity contribution is 6.30. The molecule has 26 heavy (non-hydrogen) atoms. The number of ether oxygens (including phenoxy) is 1. The van der Waals surface area contributed by atoms with Gasteiger partial charge in [0.15, 0.2) is 0 Å². The van der Waals surface area contributed by atoms with Gasteiger partial charge in [0.05, 0.1) is 6.61 Å². The van der Waals surface area contributed by atoms with Crippen molar-refractivity contribution in [2.75, 3.05) is 13.2 Å². The number of rotatable bonds is 9. The molecule has 1 amide bonds. The minimum atomic E-state index is 0.0916. The van der Waals surface area contributed by atoms with Gasteiger partial charge in [0.2, 0.25) is 5.91 Å². The number of H-pyrrole nitrogens is 1. The quantitative estimate of drug-likeness (QED) is 0.535. The van der Waals surface area contributed by atoms with Crippen LogP contribution in [0, 0.1) is 0 Å². The molecule has 1 aromatic heterocycles. The molecule has 2 N–H and O–H groups in total. The summed E-state index contributed by atoms with van der Waals surface area (Å²) in [6.07, 6.45) is 5.03. The van der Waals surface area contributed by atoms with E-state index in [1.165, 1.54) is 10.9 Å². The van der Waals surface area contributed by atoms with Crippen molar-refractivity contribution in [1.82, 2.24) is 10.3 Å². The van der Waals surface area contributed by atoms with Crippen LogP contribution in [0.4, 0.5) is 0 Å². The molecule has 5 heteroatoms. The summed E-state index contributed by atoms with van der Waals surface area (Å²) in [4.78, 5) is 15.2. The maximum Gasteiger partial charge on any atom is 0.220 e. The zero-order valence-electron chi connectivity index (χ0n) is 14.6. The number of nitrogens with one attached hydrogen (secondary N) is 2. The lowest BCUT2D eigenvalue weighted by atomic mass is 10.1. The summed E-state index contributed by atoms with van der Waals surface area (Å²) >= 11 is 5.83. The fourth-order valence-corrected chi connectivity index (χ4v) is 2.98. The number of unbranched alkanes of at least 4 members (excludes halogenated alkanes) is 1. The molecule has 3 aromatic rings. The summed E-state index contributed by atoms with van der Waals surface area (Å²) in [6, 6.07) is 15.5. The van der Waals surface area contributed by atoms with Crippen LogP contribution in [0.3, 0.4) is 0 Å². The van der Waals surface area contributed by atoms with E-state index in [0.29, 0.717) is 24.6 Å². The Morgan fingerprint density at radius 1 is 1.08 bits per heavy atom. The molecule has 2 aromatic carbocycles. The van der Waals surface area contributed by atoms with Gasteiger partial charge < -0.3 is 15.0 Å². The summed E-state index contributed by atoms with van der Waals surface area (Å²) in [5.41, 5.74) is 2.30. The number of aromatic nitrogens is 1. The van der Waals surface area contributed by atoms with E-state index in [1.54, 1.807) is 0 Å². The van der Waals surface area contributed by atoms with Crippen molar-refractivity contribution in [3.05, 3.63) is 65.3 Å². The van der Waals surface area contributed by atoms with Gasteiger partial charge in [-0.3, -0.25) is 4.79 Å². The van der Waals surface area contributed by atoms with Gasteiger partial charge >= 0.3 is 0 Å². The number of hydrogen-bond donors (Lipinski definition) is 2. The van der Waals surface area contributed by atoms with Crippen LogP contribution in [0.1, 0.15) is 24.8 Å². The molecule has 0 radical (unpaired) electrons. The lowest BCUT2D eigenvalue weighted by Gasteiger charge is -2.07. The monoisotopic (exact) mass is 370 g/mol. The number of amides is 1. The third-order valence-electron chi connectivity index (χ3n) is 4.27. The Morgan fingerprint density at radius 3 is 2.73 bits per heavy atom. The molecule has 4 nitrogen and oxygen atoms in total. The zero-order chi connectivity index (χ0) is 18.2. The van der Waals surface area contributed by atoms with E-state index in [4.69, 9.17) is 16.3 Å². The van der Waals surface area contributed by atoms with E-state index in [-0.39, 0.29) is 5.91 Å². The molecular formula is C21H23ClN2O2. The Morgan fingerprint density at radius 2 is 1.88 bits per heavy atom. The van der Waals surface area contributed by atoms with Crippen molar-refractivity contribution >= 4 is 28.4 Å². The maximum absolute atomic E-state index is 12.0. The SMILES string of the molecule is O=C(CCc1c[nH]c2ccccc12)NCCCCOc1ccc(Cl)cc1. The van der Waals surface area contributed by atoms with Crippen LogP contribution in [0.5, 0.6) is 5.75 Å². The molecule has 0 aliphatic rings. The van der Waals surface area contributed by atoms with Crippen LogP contribution in [0.15, 0.2) is 54.7 Å². The van der Waals surface area contributed by atoms with Crippen LogP contribution in [0.2, 0.25) is 5.02 Å². The molecule has 0 saturated heterocycles. The minimum absolute atomic E-state index is 0.0916. The third kappa shape index (κ3) is 5.27. The molecule has 1 heterocycles. The van der Waals surface area contributed by atoms with Gasteiger partial charge in [-0.25, -0.2) is 0 Å². The topological polar surface area (TPSA) is 54.1 Å². The first-order valence-electron chi connectivity index (χ1n) is 8.92. The second-order valence-corrected chi connectivity index (χ2v) is 6.66. The summed E-state index contributed by atoms with van der Waals surface area (Å²) in [7, 11) is 0. The number of carbonyl (C=O) groups is 1. The fourth-order valence-electron chi connectivity index (χ4n) is 2.85. The Kier molecular flexibility index (Phi) is 6.56. The average molecular weight is 371 g/mol. The molecule has 0 unspecified atom stereocenters. The van der Waals surface area contributed by atoms with Crippen LogP contribution < -0.4 is 10.1 Å². The van der Waals surface area contributed by atoms with Crippen LogP contribution in [-0.4, -0.2) is 24.0 Å². The first-order valence-corrected chi connectivity index (χ1v) is 9.30. The Hall–Kier alpha value is -2.46. The van der Waals surface area contributed by atoms with Crippen molar-refractivity contribution < 1.29 is 9.53 Å². The Labute approximate surface area is 158 Å². The molecule has 3 rings (SSSR count). The normalized spacial score (nSPS) is 10.8. The van der Waals surface area contributed by atoms with Crippen molar-refractivity contribution in [2.45, 2.75) is 25.7 Å². The number of fused-ring (bicyclic) bond motifs is 1. The second-order valence-electron chi connectivity index (χ2n) is 6.22. The number of aryl methyl sites for hydroxylation is 1. The number of para-hydroxylation sites is 1. The second kappa shape index (κ2) is 9.30. The first-order chi connectivity index (χ1) is 12.7. The molecule has 0 spiro atoms. The van der Waals surface area contributed by atoms with Crippen molar-refractivity contribution in [3.8, 4) is 5.75 Å². The van der Waals surface area contributed by atoms with E-state index in [0.717, 1.165) is 30.5 Å². The molecule has 136 valence electrons. The van der Waals surface area contributed by atoms with Gasteiger partial charge in [-0.05, 0) is 55.2 Å². The number of hydrogen-bond acceptors (Lipinski definition) is 2. The van der Waals surface area contributed by atoms with Gasteiger partial charge in [0.25, 0.3) is 0 Å². The summed E-state index contributed by atoms with van der Waals surface area (Å²) in [6.45, 7) is 1.31. The van der Waals surface area contributed by atoms with Gasteiger partial charge in [-0.15, -0.1) is 0 Å². The summed E-state index contributed by atoms with van der Waals surface area (Å²) in [5, 5.41) is 4.87. The smallest absolute Gasteiger partial charge is 0.220 e. The van der Waals surface area contributed by atoms with Crippen molar-refractivity contribution in [3.63, 3.8) is 0 Å². The van der Waals surface area contributed by atoms with Crippen LogP contribution in [-0.2, 0) is 11.2 Å². The molecule has 0 aliphatic carbocycles. The van der Waals surface area contributed by atoms with E-state index >= 15 is 0 Å². The number of aromatic amines is 1. The predicted molar refractivity (Wildman–Crippen MR) is 106 cm³/mol. The molecular weight excluding hydrogens is 348 g/mol. The fraction of sp³-hybridized carbons (Fsp3) is 0.286. The van der Waals surface area contributed by atoms with Gasteiger partial charge in [0, 0.05) is 35.1 Å². The highest BCUT2D eigenvalue weighted by Gasteiger charge is 2.06. The summed E-state index contributed by atoms with van der Waals surface area (Å²) < 4.78 is 5.63. The van der Waals surface area contributed by atoms with E-state index < -0.39 is 0 Å². The molecule has 0 aliphatic heterocycles. The van der Waals surface area contributed by atoms with E-state index in [1.807, 2.05) is 48.7 Å². The molecule has 0 bridgehead atoms.